The normalized spacial score (nSPS) is 17.5. The number of ether oxygens (including phenoxy) is 2. The summed E-state index contributed by atoms with van der Waals surface area (Å²) in [5, 5.41) is 2.24. The molecule has 3 aromatic rings. The van der Waals surface area contributed by atoms with Crippen LogP contribution in [-0.2, 0) is 9.53 Å². The van der Waals surface area contributed by atoms with Crippen LogP contribution in [0, 0.1) is 5.82 Å². The highest BCUT2D eigenvalue weighted by Gasteiger charge is 2.40. The van der Waals surface area contributed by atoms with Crippen molar-refractivity contribution in [2.75, 3.05) is 7.11 Å². The van der Waals surface area contributed by atoms with Crippen LogP contribution in [0.25, 0.3) is 11.3 Å². The Kier molecular flexibility index (Phi) is 6.96. The number of methoxy groups -OCH3 is 1. The van der Waals surface area contributed by atoms with Gasteiger partial charge in [0.1, 0.15) is 11.9 Å². The third-order valence-corrected chi connectivity index (χ3v) is 4.69. The lowest BCUT2D eigenvalue weighted by Crippen LogP contribution is -2.32. The van der Waals surface area contributed by atoms with Crippen molar-refractivity contribution >= 4 is 5.97 Å². The fourth-order valence-corrected chi connectivity index (χ4v) is 2.98. The summed E-state index contributed by atoms with van der Waals surface area (Å²) in [5.41, 5.74) is 1.56. The molecule has 0 radical (unpaired) electrons. The molecule has 0 aliphatic heterocycles. The number of esters is 1. The molecule has 2 aromatic heterocycles. The number of H-pyrrole nitrogens is 1. The van der Waals surface area contributed by atoms with E-state index in [1.54, 1.807) is 18.3 Å². The number of hydrogen-bond acceptors (Lipinski definition) is 6. The van der Waals surface area contributed by atoms with Gasteiger partial charge in [-0.15, -0.1) is 0 Å². The number of hydrogen-bond donors (Lipinski definition) is 1. The molecular formula is C21H18F4N2O5. The molecule has 1 aliphatic carbocycles. The lowest BCUT2D eigenvalue weighted by molar-refractivity contribution is -0.196. The molecule has 32 heavy (non-hydrogen) atoms. The van der Waals surface area contributed by atoms with Gasteiger partial charge in [0, 0.05) is 17.8 Å². The maximum Gasteiger partial charge on any atom is 0.490 e. The van der Waals surface area contributed by atoms with E-state index in [0.717, 1.165) is 18.4 Å². The first-order chi connectivity index (χ1) is 15.2. The molecule has 0 spiro atoms. The summed E-state index contributed by atoms with van der Waals surface area (Å²) in [5.74, 6) is -0.992. The summed E-state index contributed by atoms with van der Waals surface area (Å²) < 4.78 is 60.1. The summed E-state index contributed by atoms with van der Waals surface area (Å²) in [6.07, 6.45) is -1.35. The molecule has 0 atom stereocenters. The molecule has 0 saturated heterocycles. The highest BCUT2D eigenvalue weighted by atomic mass is 19.4. The quantitative estimate of drug-likeness (QED) is 0.469. The van der Waals surface area contributed by atoms with E-state index in [1.165, 1.54) is 18.2 Å². The topological polar surface area (TPSA) is 94.4 Å². The highest BCUT2D eigenvalue weighted by molar-refractivity contribution is 5.75. The van der Waals surface area contributed by atoms with Crippen LogP contribution in [0.1, 0.15) is 24.3 Å². The van der Waals surface area contributed by atoms with Gasteiger partial charge < -0.3 is 14.0 Å². The van der Waals surface area contributed by atoms with Gasteiger partial charge in [0.25, 0.3) is 5.56 Å². The van der Waals surface area contributed by atoms with Crippen molar-refractivity contribution in [1.29, 1.82) is 0 Å². The maximum atomic E-state index is 12.9. The van der Waals surface area contributed by atoms with Crippen molar-refractivity contribution in [3.8, 4) is 17.2 Å². The fourth-order valence-electron chi connectivity index (χ4n) is 2.98. The molecule has 11 heteroatoms. The standard InChI is InChI=1S/C18H15FN2O3.C3H3F3O2/c19-14-4-1-11(2-5-14)13-7-15(8-13)23-18-6-3-12(10-20-18)16-9-17(22)21-24-16;1-8-2(7)3(4,5)6/h1-6,9-10,13,15H,7-8H2,(H,21,22);1H3. The first-order valence-electron chi connectivity index (χ1n) is 9.38. The van der Waals surface area contributed by atoms with Crippen LogP contribution >= 0.6 is 0 Å². The summed E-state index contributed by atoms with van der Waals surface area (Å²) in [7, 11) is 0.676. The van der Waals surface area contributed by atoms with Gasteiger partial charge in [-0.1, -0.05) is 12.1 Å². The first-order valence-corrected chi connectivity index (χ1v) is 9.38. The summed E-state index contributed by atoms with van der Waals surface area (Å²) in [4.78, 5) is 24.8. The Morgan fingerprint density at radius 1 is 1.16 bits per heavy atom. The molecule has 170 valence electrons. The number of nitrogens with one attached hydrogen (secondary N) is 1. The Balaban J connectivity index is 0.000000312. The summed E-state index contributed by atoms with van der Waals surface area (Å²) in [6.45, 7) is 0. The van der Waals surface area contributed by atoms with E-state index in [0.29, 0.717) is 30.2 Å². The molecule has 2 heterocycles. The Labute approximate surface area is 178 Å². The first kappa shape index (κ1) is 23.0. The lowest BCUT2D eigenvalue weighted by Gasteiger charge is -2.35. The smallest absolute Gasteiger partial charge is 0.474 e. The Hall–Kier alpha value is -3.63. The van der Waals surface area contributed by atoms with E-state index in [4.69, 9.17) is 9.26 Å². The molecule has 0 amide bonds. The van der Waals surface area contributed by atoms with E-state index in [2.05, 4.69) is 14.9 Å². The molecule has 7 nitrogen and oxygen atoms in total. The number of rotatable bonds is 4. The van der Waals surface area contributed by atoms with Crippen molar-refractivity contribution in [2.24, 2.45) is 0 Å². The molecule has 1 aliphatic rings. The SMILES string of the molecule is COC(=O)C(F)(F)F.O=c1cc(-c2ccc(OC3CC(c4ccc(F)cc4)C3)nc2)o[nH]1. The molecule has 1 fully saturated rings. The van der Waals surface area contributed by atoms with Crippen molar-refractivity contribution in [3.05, 3.63) is 70.4 Å². The van der Waals surface area contributed by atoms with Gasteiger partial charge in [0.2, 0.25) is 5.88 Å². The minimum atomic E-state index is -4.85. The van der Waals surface area contributed by atoms with E-state index in [9.17, 15) is 27.2 Å². The number of carbonyl (C=O) groups is 1. The van der Waals surface area contributed by atoms with Gasteiger partial charge in [0.15, 0.2) is 5.76 Å². The predicted octanol–water partition coefficient (Wildman–Crippen LogP) is 4.22. The average molecular weight is 454 g/mol. The number of carbonyl (C=O) groups excluding carboxylic acids is 1. The molecule has 4 rings (SSSR count). The minimum absolute atomic E-state index is 0.114. The second kappa shape index (κ2) is 9.67. The fraction of sp³-hybridized carbons (Fsp3) is 0.286. The molecule has 1 N–H and O–H groups in total. The minimum Gasteiger partial charge on any atom is -0.474 e. The van der Waals surface area contributed by atoms with Crippen molar-refractivity contribution in [2.45, 2.75) is 31.0 Å². The molecule has 0 unspecified atom stereocenters. The van der Waals surface area contributed by atoms with Crippen LogP contribution in [0.15, 0.2) is 58.0 Å². The maximum absolute atomic E-state index is 12.9. The van der Waals surface area contributed by atoms with Crippen LogP contribution < -0.4 is 10.3 Å². The molecule has 1 saturated carbocycles. The van der Waals surface area contributed by atoms with Crippen molar-refractivity contribution < 1.29 is 36.4 Å². The largest absolute Gasteiger partial charge is 0.490 e. The van der Waals surface area contributed by atoms with E-state index in [-0.39, 0.29) is 17.5 Å². The van der Waals surface area contributed by atoms with Crippen LogP contribution in [0.4, 0.5) is 17.6 Å². The predicted molar refractivity (Wildman–Crippen MR) is 103 cm³/mol. The van der Waals surface area contributed by atoms with Gasteiger partial charge in [-0.05, 0) is 42.5 Å². The van der Waals surface area contributed by atoms with Crippen molar-refractivity contribution in [1.82, 2.24) is 10.1 Å². The van der Waals surface area contributed by atoms with E-state index < -0.39 is 12.1 Å². The van der Waals surface area contributed by atoms with Gasteiger partial charge >= 0.3 is 12.1 Å². The highest BCUT2D eigenvalue weighted by Crippen LogP contribution is 2.39. The number of pyridine rings is 1. The zero-order valence-corrected chi connectivity index (χ0v) is 16.7. The number of aromatic amines is 1. The number of halogens is 4. The molecule has 1 aromatic carbocycles. The Morgan fingerprint density at radius 2 is 1.84 bits per heavy atom. The zero-order chi connectivity index (χ0) is 23.3. The number of aromatic nitrogens is 2. The number of benzene rings is 1. The van der Waals surface area contributed by atoms with Gasteiger partial charge in [-0.2, -0.15) is 18.3 Å². The zero-order valence-electron chi connectivity index (χ0n) is 16.7. The van der Waals surface area contributed by atoms with Gasteiger partial charge in [-0.25, -0.2) is 14.2 Å². The van der Waals surface area contributed by atoms with Crippen LogP contribution in [0.2, 0.25) is 0 Å². The van der Waals surface area contributed by atoms with E-state index in [1.807, 2.05) is 12.1 Å². The average Bonchev–Trinajstić information content (AvgIpc) is 3.17. The van der Waals surface area contributed by atoms with Gasteiger partial charge in [0.05, 0.1) is 13.2 Å². The van der Waals surface area contributed by atoms with E-state index >= 15 is 0 Å². The lowest BCUT2D eigenvalue weighted by atomic mass is 9.77. The molecule has 0 bridgehead atoms. The van der Waals surface area contributed by atoms with Gasteiger partial charge in [-0.3, -0.25) is 4.79 Å². The number of nitrogens with zero attached hydrogens (tertiary/aromatic N) is 1. The van der Waals surface area contributed by atoms with Crippen LogP contribution in [0.5, 0.6) is 5.88 Å². The second-order valence-corrected chi connectivity index (χ2v) is 6.91. The molecular weight excluding hydrogens is 436 g/mol. The monoisotopic (exact) mass is 454 g/mol. The third kappa shape index (κ3) is 5.96. The summed E-state index contributed by atoms with van der Waals surface area (Å²) in [6, 6.07) is 11.6. The second-order valence-electron chi connectivity index (χ2n) is 6.91. The van der Waals surface area contributed by atoms with Crippen molar-refractivity contribution in [3.63, 3.8) is 0 Å². The third-order valence-electron chi connectivity index (χ3n) is 4.69. The number of alkyl halides is 3. The van der Waals surface area contributed by atoms with Crippen LogP contribution in [-0.4, -0.2) is 35.5 Å². The van der Waals surface area contributed by atoms with Crippen LogP contribution in [0.3, 0.4) is 0 Å². The Bertz CT molecular complexity index is 1080. The Morgan fingerprint density at radius 3 is 2.31 bits per heavy atom. The summed E-state index contributed by atoms with van der Waals surface area (Å²) >= 11 is 0.